The smallest absolute Gasteiger partial charge is 0.292 e. The number of amides is 1. The number of nitro groups is 1. The van der Waals surface area contributed by atoms with Crippen LogP contribution in [0.4, 0.5) is 11.4 Å². The van der Waals surface area contributed by atoms with Gasteiger partial charge in [-0.3, -0.25) is 14.9 Å². The third-order valence-corrected chi connectivity index (χ3v) is 3.95. The summed E-state index contributed by atoms with van der Waals surface area (Å²) in [6.07, 6.45) is 3.07. The van der Waals surface area contributed by atoms with Crippen molar-refractivity contribution < 1.29 is 14.5 Å². The van der Waals surface area contributed by atoms with E-state index in [1.807, 2.05) is 0 Å². The molecule has 0 spiro atoms. The molecule has 3 unspecified atom stereocenters. The van der Waals surface area contributed by atoms with Crippen LogP contribution in [0.5, 0.6) is 0 Å². The maximum absolute atomic E-state index is 12.2. The molecule has 3 N–H and O–H groups in total. The number of hydrogen-bond acceptors (Lipinski definition) is 5. The summed E-state index contributed by atoms with van der Waals surface area (Å²) in [6.45, 7) is 0. The van der Waals surface area contributed by atoms with Crippen LogP contribution in [0, 0.1) is 10.1 Å². The van der Waals surface area contributed by atoms with Crippen molar-refractivity contribution in [2.24, 2.45) is 0 Å². The lowest BCUT2D eigenvalue weighted by molar-refractivity contribution is -0.383. The molecule has 2 bridgehead atoms. The molecule has 7 nitrogen and oxygen atoms in total. The van der Waals surface area contributed by atoms with E-state index in [0.29, 0.717) is 0 Å². The summed E-state index contributed by atoms with van der Waals surface area (Å²) >= 11 is 0. The van der Waals surface area contributed by atoms with E-state index in [1.165, 1.54) is 18.2 Å². The maximum atomic E-state index is 12.2. The molecule has 2 heterocycles. The van der Waals surface area contributed by atoms with Gasteiger partial charge in [-0.05, 0) is 25.3 Å². The molecular weight excluding hydrogens is 262 g/mol. The zero-order valence-electron chi connectivity index (χ0n) is 10.7. The summed E-state index contributed by atoms with van der Waals surface area (Å²) in [5.74, 6) is -0.382. The van der Waals surface area contributed by atoms with Crippen LogP contribution in [0.3, 0.4) is 0 Å². The van der Waals surface area contributed by atoms with Gasteiger partial charge >= 0.3 is 0 Å². The van der Waals surface area contributed by atoms with Crippen LogP contribution in [0.15, 0.2) is 18.2 Å². The fourth-order valence-electron chi connectivity index (χ4n) is 2.95. The number of nitrogen functional groups attached to an aromatic ring is 1. The molecule has 1 aromatic rings. The predicted octanol–water partition coefficient (Wildman–Crippen LogP) is 1.23. The Kier molecular flexibility index (Phi) is 3.06. The van der Waals surface area contributed by atoms with Gasteiger partial charge in [-0.15, -0.1) is 0 Å². The topological polar surface area (TPSA) is 107 Å². The zero-order valence-corrected chi connectivity index (χ0v) is 10.7. The third kappa shape index (κ3) is 2.09. The quantitative estimate of drug-likeness (QED) is 0.491. The van der Waals surface area contributed by atoms with Crippen LogP contribution in [0.1, 0.15) is 29.6 Å². The molecule has 0 aliphatic carbocycles. The Morgan fingerprint density at radius 3 is 2.85 bits per heavy atom. The number of nitrogens with one attached hydrogen (secondary N) is 1. The second-order valence-corrected chi connectivity index (χ2v) is 5.19. The molecule has 2 aliphatic rings. The number of fused-ring (bicyclic) bond motifs is 2. The Balaban J connectivity index is 1.77. The zero-order chi connectivity index (χ0) is 14.3. The molecular formula is C13H15N3O4. The van der Waals surface area contributed by atoms with Gasteiger partial charge in [0, 0.05) is 6.07 Å². The van der Waals surface area contributed by atoms with Gasteiger partial charge in [0.05, 0.1) is 28.7 Å². The third-order valence-electron chi connectivity index (χ3n) is 3.95. The van der Waals surface area contributed by atoms with Gasteiger partial charge in [-0.25, -0.2) is 0 Å². The Hall–Kier alpha value is -2.15. The van der Waals surface area contributed by atoms with E-state index in [0.717, 1.165) is 19.3 Å². The van der Waals surface area contributed by atoms with Crippen LogP contribution in [0.2, 0.25) is 0 Å². The minimum Gasteiger partial charge on any atom is -0.393 e. The maximum Gasteiger partial charge on any atom is 0.292 e. The van der Waals surface area contributed by atoms with Gasteiger partial charge in [0.25, 0.3) is 11.6 Å². The first-order chi connectivity index (χ1) is 9.56. The molecule has 0 radical (unpaired) electrons. The Labute approximate surface area is 115 Å². The summed E-state index contributed by atoms with van der Waals surface area (Å²) in [6, 6.07) is 4.21. The fraction of sp³-hybridized carbons (Fsp3) is 0.462. The number of para-hydroxylation sites is 1. The van der Waals surface area contributed by atoms with E-state index in [-0.39, 0.29) is 41.1 Å². The van der Waals surface area contributed by atoms with Crippen molar-refractivity contribution in [1.82, 2.24) is 5.32 Å². The first-order valence-corrected chi connectivity index (χ1v) is 6.55. The highest BCUT2D eigenvalue weighted by Crippen LogP contribution is 2.34. The van der Waals surface area contributed by atoms with Gasteiger partial charge in [-0.1, -0.05) is 6.07 Å². The molecule has 106 valence electrons. The summed E-state index contributed by atoms with van der Waals surface area (Å²) in [7, 11) is 0. The van der Waals surface area contributed by atoms with Gasteiger partial charge < -0.3 is 15.8 Å². The molecule has 1 amide bonds. The highest BCUT2D eigenvalue weighted by Gasteiger charge is 2.41. The monoisotopic (exact) mass is 277 g/mol. The fourth-order valence-corrected chi connectivity index (χ4v) is 2.95. The van der Waals surface area contributed by atoms with Crippen molar-refractivity contribution in [3.8, 4) is 0 Å². The van der Waals surface area contributed by atoms with E-state index >= 15 is 0 Å². The van der Waals surface area contributed by atoms with Crippen molar-refractivity contribution in [3.05, 3.63) is 33.9 Å². The summed E-state index contributed by atoms with van der Waals surface area (Å²) in [5, 5.41) is 13.7. The lowest BCUT2D eigenvalue weighted by Gasteiger charge is -2.20. The average molecular weight is 277 g/mol. The van der Waals surface area contributed by atoms with E-state index in [1.54, 1.807) is 0 Å². The normalized spacial score (nSPS) is 27.5. The minimum absolute atomic E-state index is 0.0279. The largest absolute Gasteiger partial charge is 0.393 e. The van der Waals surface area contributed by atoms with Crippen LogP contribution >= 0.6 is 0 Å². The van der Waals surface area contributed by atoms with Crippen LogP contribution in [-0.4, -0.2) is 29.1 Å². The highest BCUT2D eigenvalue weighted by atomic mass is 16.6. The Morgan fingerprint density at radius 2 is 2.25 bits per heavy atom. The SMILES string of the molecule is Nc1c(C(=O)NC2CC3CCC2O3)cccc1[N+](=O)[O-]. The lowest BCUT2D eigenvalue weighted by atomic mass is 9.95. The highest BCUT2D eigenvalue weighted by molar-refractivity contribution is 6.01. The molecule has 1 aromatic carbocycles. The van der Waals surface area contributed by atoms with Gasteiger partial charge in [0.1, 0.15) is 5.69 Å². The van der Waals surface area contributed by atoms with Crippen molar-refractivity contribution in [2.75, 3.05) is 5.73 Å². The summed E-state index contributed by atoms with van der Waals surface area (Å²) in [5.41, 5.74) is 5.50. The molecule has 7 heteroatoms. The molecule has 3 atom stereocenters. The first kappa shape index (κ1) is 12.9. The van der Waals surface area contributed by atoms with Crippen molar-refractivity contribution >= 4 is 17.3 Å². The minimum atomic E-state index is -0.591. The van der Waals surface area contributed by atoms with Gasteiger partial charge in [-0.2, -0.15) is 0 Å². The number of ether oxygens (including phenoxy) is 1. The first-order valence-electron chi connectivity index (χ1n) is 6.55. The van der Waals surface area contributed by atoms with E-state index in [9.17, 15) is 14.9 Å². The number of carbonyl (C=O) groups excluding carboxylic acids is 1. The second-order valence-electron chi connectivity index (χ2n) is 5.19. The number of anilines is 1. The molecule has 0 aromatic heterocycles. The van der Waals surface area contributed by atoms with E-state index in [4.69, 9.17) is 10.5 Å². The number of nitrogens with two attached hydrogens (primary N) is 1. The number of benzene rings is 1. The standard InChI is InChI=1S/C13H15N3O4/c14-12-8(2-1-3-10(12)16(18)19)13(17)15-9-6-7-4-5-11(9)20-7/h1-3,7,9,11H,4-6,14H2,(H,15,17). The lowest BCUT2D eigenvalue weighted by Crippen LogP contribution is -2.41. The Bertz CT molecular complexity index is 575. The number of rotatable bonds is 3. The molecule has 3 rings (SSSR count). The van der Waals surface area contributed by atoms with Crippen molar-refractivity contribution in [3.63, 3.8) is 0 Å². The van der Waals surface area contributed by atoms with Crippen molar-refractivity contribution in [2.45, 2.75) is 37.5 Å². The van der Waals surface area contributed by atoms with E-state index < -0.39 is 4.92 Å². The van der Waals surface area contributed by atoms with Crippen LogP contribution in [-0.2, 0) is 4.74 Å². The number of nitrogens with zero attached hydrogens (tertiary/aromatic N) is 1. The Morgan fingerprint density at radius 1 is 1.45 bits per heavy atom. The molecule has 20 heavy (non-hydrogen) atoms. The molecule has 2 aliphatic heterocycles. The van der Waals surface area contributed by atoms with Crippen LogP contribution in [0.25, 0.3) is 0 Å². The predicted molar refractivity (Wildman–Crippen MR) is 71.3 cm³/mol. The van der Waals surface area contributed by atoms with Gasteiger partial charge in [0.2, 0.25) is 0 Å². The number of carbonyl (C=O) groups is 1. The molecule has 0 saturated carbocycles. The number of hydrogen-bond donors (Lipinski definition) is 2. The molecule has 2 saturated heterocycles. The van der Waals surface area contributed by atoms with E-state index in [2.05, 4.69) is 5.32 Å². The molecule has 2 fully saturated rings. The van der Waals surface area contributed by atoms with Crippen molar-refractivity contribution in [1.29, 1.82) is 0 Å². The van der Waals surface area contributed by atoms with Crippen LogP contribution < -0.4 is 11.1 Å². The van der Waals surface area contributed by atoms with Gasteiger partial charge in [0.15, 0.2) is 0 Å². The summed E-state index contributed by atoms with van der Waals surface area (Å²) < 4.78 is 5.66. The number of nitro benzene ring substituents is 1. The second kappa shape index (κ2) is 4.75. The summed E-state index contributed by atoms with van der Waals surface area (Å²) in [4.78, 5) is 22.4. The average Bonchev–Trinajstić information content (AvgIpc) is 3.00.